The Labute approximate surface area is 426 Å². The molecule has 14 atom stereocenters. The van der Waals surface area contributed by atoms with Crippen LogP contribution < -0.4 is 0 Å². The first-order valence-corrected chi connectivity index (χ1v) is 28.7. The molecule has 0 aromatic carbocycles. The Hall–Kier alpha value is -1.84. The third-order valence-electron chi connectivity index (χ3n) is 24.8. The van der Waals surface area contributed by atoms with Gasteiger partial charge in [-0.1, -0.05) is 80.5 Å². The molecule has 11 rings (SSSR count). The zero-order chi connectivity index (χ0) is 50.9. The van der Waals surface area contributed by atoms with E-state index in [1.807, 2.05) is 0 Å². The largest absolute Gasteiger partial charge is 0.466 e. The summed E-state index contributed by atoms with van der Waals surface area (Å²) in [6.45, 7) is 36.9. The highest BCUT2D eigenvalue weighted by atomic mass is 16.7. The third kappa shape index (κ3) is 8.37. The van der Waals surface area contributed by atoms with Crippen LogP contribution in [0.2, 0.25) is 0 Å². The standard InChI is InChI=1S/2C20H32O2.C12H18O3.C10H18O/c2*1-5-8-19-9-6-10-20(19,21-13-12-19)22-16-14-15-7-11-18(16,4)17(15,2)3;1-3-6-12(7-4-5-11(12)14)8-9-15-10(2)13;1-9(2)7-4-5-10(9,3)8(11)6-7/h2*5,15-16H,1,6-14H2,2-4H3;3H,1,4-9H2,2H3;7-8,11H,4-6H2,1-3H3/t15?,16-,18+,19+,20-;15?,16-,18+,19-,20+;;7?,8-,10+/m11.1/s1. The van der Waals surface area contributed by atoms with E-state index in [2.05, 4.69) is 94.2 Å². The number of carbonyl (C=O) groups is 2. The first kappa shape index (κ1) is 54.4. The van der Waals surface area contributed by atoms with Crippen molar-refractivity contribution in [1.29, 1.82) is 0 Å². The SMILES string of the molecule is C=CCC1(CCOC(C)=O)CCCC1=O.C=CC[C@@]12CCC[C@]1(O[C@@H]1CC3CC[C@]1(C)C3(C)C)OCC2.C=CC[C@]12CCC[C@@]1(O[C@@H]1CC3CC[C@]1(C)C3(C)C)OCC2.CC1(C)C2CC[C@@]1(C)[C@H](O)C2. The number of ether oxygens (including phenoxy) is 5. The maximum atomic E-state index is 11.8. The molecule has 0 amide bonds. The molecule has 0 radical (unpaired) electrons. The van der Waals surface area contributed by atoms with E-state index in [1.165, 1.54) is 84.0 Å². The highest BCUT2D eigenvalue weighted by molar-refractivity contribution is 5.87. The average molecular weight is 973 g/mol. The molecule has 396 valence electrons. The molecule has 6 bridgehead atoms. The van der Waals surface area contributed by atoms with Crippen LogP contribution in [0.3, 0.4) is 0 Å². The molecule has 2 saturated heterocycles. The highest BCUT2D eigenvalue weighted by Crippen LogP contribution is 2.71. The second-order valence-corrected chi connectivity index (χ2v) is 27.7. The molecule has 2 heterocycles. The van der Waals surface area contributed by atoms with Crippen molar-refractivity contribution in [3.63, 3.8) is 0 Å². The minimum atomic E-state index is -0.310. The fourth-order valence-electron chi connectivity index (χ4n) is 18.3. The Balaban J connectivity index is 0.000000130. The maximum absolute atomic E-state index is 11.8. The van der Waals surface area contributed by atoms with Crippen molar-refractivity contribution >= 4 is 11.8 Å². The zero-order valence-corrected chi connectivity index (χ0v) is 46.2. The lowest BCUT2D eigenvalue weighted by Gasteiger charge is -2.46. The van der Waals surface area contributed by atoms with Crippen molar-refractivity contribution in [2.75, 3.05) is 19.8 Å². The summed E-state index contributed by atoms with van der Waals surface area (Å²) in [4.78, 5) is 22.4. The number of hydrogen-bond donors (Lipinski definition) is 1. The molecule has 0 aromatic heterocycles. The molecule has 4 unspecified atom stereocenters. The lowest BCUT2D eigenvalue weighted by atomic mass is 9.69. The zero-order valence-electron chi connectivity index (χ0n) is 46.2. The number of esters is 1. The van der Waals surface area contributed by atoms with E-state index in [1.54, 1.807) is 6.08 Å². The van der Waals surface area contributed by atoms with Gasteiger partial charge in [0.15, 0.2) is 11.6 Å². The van der Waals surface area contributed by atoms with Crippen LogP contribution in [-0.4, -0.2) is 66.6 Å². The van der Waals surface area contributed by atoms with Gasteiger partial charge in [0.2, 0.25) is 0 Å². The molecule has 70 heavy (non-hydrogen) atoms. The summed E-state index contributed by atoms with van der Waals surface area (Å²) in [5.74, 6) is 1.84. The molecule has 9 saturated carbocycles. The normalized spacial score (nSPS) is 46.6. The highest BCUT2D eigenvalue weighted by Gasteiger charge is 2.69. The lowest BCUT2D eigenvalue weighted by Crippen LogP contribution is -2.49. The van der Waals surface area contributed by atoms with Crippen molar-refractivity contribution in [3.8, 4) is 0 Å². The molecule has 1 N–H and O–H groups in total. The number of hydrogen-bond acceptors (Lipinski definition) is 8. The van der Waals surface area contributed by atoms with Gasteiger partial charge in [0.1, 0.15) is 5.78 Å². The average Bonchev–Trinajstić information content (AvgIpc) is 4.20. The Morgan fingerprint density at radius 2 is 1.04 bits per heavy atom. The van der Waals surface area contributed by atoms with Gasteiger partial charge in [-0.15, -0.1) is 19.7 Å². The molecule has 0 spiro atoms. The quantitative estimate of drug-likeness (QED) is 0.144. The van der Waals surface area contributed by atoms with E-state index in [9.17, 15) is 14.7 Å². The van der Waals surface area contributed by atoms with E-state index >= 15 is 0 Å². The second kappa shape index (κ2) is 19.4. The number of carbonyl (C=O) groups excluding carboxylic acids is 2. The van der Waals surface area contributed by atoms with Gasteiger partial charge in [-0.2, -0.15) is 0 Å². The van der Waals surface area contributed by atoms with Gasteiger partial charge in [-0.3, -0.25) is 9.59 Å². The molecule has 2 aliphatic heterocycles. The van der Waals surface area contributed by atoms with Gasteiger partial charge in [-0.05, 0) is 185 Å². The number of rotatable bonds is 13. The Morgan fingerprint density at radius 1 is 0.600 bits per heavy atom. The molecular weight excluding hydrogens is 873 g/mol. The van der Waals surface area contributed by atoms with Crippen LogP contribution in [0.4, 0.5) is 0 Å². The van der Waals surface area contributed by atoms with Crippen LogP contribution in [-0.2, 0) is 33.3 Å². The number of Topliss-reactive ketones (excluding diaryl/α,β-unsaturated/α-hetero) is 1. The minimum Gasteiger partial charge on any atom is -0.466 e. The summed E-state index contributed by atoms with van der Waals surface area (Å²) in [5, 5.41) is 9.81. The van der Waals surface area contributed by atoms with Crippen molar-refractivity contribution in [2.24, 2.45) is 66.5 Å². The first-order chi connectivity index (χ1) is 32.9. The lowest BCUT2D eigenvalue weighted by molar-refractivity contribution is -0.286. The van der Waals surface area contributed by atoms with Crippen molar-refractivity contribution in [1.82, 2.24) is 0 Å². The minimum absolute atomic E-state index is 0.0313. The Bertz CT molecular complexity index is 1840. The van der Waals surface area contributed by atoms with Crippen LogP contribution in [0.1, 0.15) is 223 Å². The molecule has 11 fully saturated rings. The summed E-state index contributed by atoms with van der Waals surface area (Å²) < 4.78 is 31.4. The van der Waals surface area contributed by atoms with Crippen LogP contribution in [0.25, 0.3) is 0 Å². The van der Waals surface area contributed by atoms with Gasteiger partial charge in [0, 0.05) is 42.4 Å². The van der Waals surface area contributed by atoms with Crippen LogP contribution in [0.15, 0.2) is 38.0 Å². The monoisotopic (exact) mass is 973 g/mol. The molecule has 0 aromatic rings. The topological polar surface area (TPSA) is 101 Å². The Morgan fingerprint density at radius 3 is 1.36 bits per heavy atom. The number of fused-ring (bicyclic) bond motifs is 8. The maximum Gasteiger partial charge on any atom is 0.302 e. The number of aliphatic hydroxyl groups is 1. The Kier molecular flexibility index (Phi) is 15.1. The van der Waals surface area contributed by atoms with Gasteiger partial charge in [0.25, 0.3) is 0 Å². The van der Waals surface area contributed by atoms with E-state index in [0.29, 0.717) is 70.9 Å². The molecule has 8 heteroatoms. The first-order valence-electron chi connectivity index (χ1n) is 28.7. The van der Waals surface area contributed by atoms with E-state index in [-0.39, 0.29) is 45.3 Å². The van der Waals surface area contributed by atoms with Gasteiger partial charge >= 0.3 is 5.97 Å². The number of aliphatic hydroxyl groups excluding tert-OH is 1. The fourth-order valence-corrected chi connectivity index (χ4v) is 18.3. The molecular formula is C62H100O8. The summed E-state index contributed by atoms with van der Waals surface area (Å²) >= 11 is 0. The van der Waals surface area contributed by atoms with Crippen LogP contribution in [0.5, 0.6) is 0 Å². The van der Waals surface area contributed by atoms with Crippen molar-refractivity contribution < 1.29 is 38.4 Å². The predicted octanol–water partition coefficient (Wildman–Crippen LogP) is 14.6. The fraction of sp³-hybridized carbons (Fsp3) is 0.871. The van der Waals surface area contributed by atoms with E-state index in [4.69, 9.17) is 23.7 Å². The second-order valence-electron chi connectivity index (χ2n) is 27.7. The smallest absolute Gasteiger partial charge is 0.302 e. The predicted molar refractivity (Wildman–Crippen MR) is 280 cm³/mol. The third-order valence-corrected chi connectivity index (χ3v) is 24.8. The summed E-state index contributed by atoms with van der Waals surface area (Å²) in [5.41, 5.74) is 2.18. The van der Waals surface area contributed by atoms with E-state index < -0.39 is 0 Å². The van der Waals surface area contributed by atoms with E-state index in [0.717, 1.165) is 88.8 Å². The molecule has 8 nitrogen and oxygen atoms in total. The van der Waals surface area contributed by atoms with Crippen LogP contribution >= 0.6 is 0 Å². The number of ketones is 1. The van der Waals surface area contributed by atoms with Gasteiger partial charge in [-0.25, -0.2) is 0 Å². The van der Waals surface area contributed by atoms with Crippen molar-refractivity contribution in [3.05, 3.63) is 38.0 Å². The molecule has 9 aliphatic carbocycles. The van der Waals surface area contributed by atoms with Gasteiger partial charge in [0.05, 0.1) is 38.1 Å². The summed E-state index contributed by atoms with van der Waals surface area (Å²) in [6.07, 6.45) is 33.5. The number of allylic oxidation sites excluding steroid dienone is 3. The molecule has 11 aliphatic rings. The van der Waals surface area contributed by atoms with Crippen LogP contribution in [0, 0.1) is 66.5 Å². The van der Waals surface area contributed by atoms with Crippen molar-refractivity contribution in [2.45, 2.75) is 253 Å². The summed E-state index contributed by atoms with van der Waals surface area (Å²) in [6, 6.07) is 0. The van der Waals surface area contributed by atoms with Gasteiger partial charge < -0.3 is 28.8 Å². The summed E-state index contributed by atoms with van der Waals surface area (Å²) in [7, 11) is 0.